The lowest BCUT2D eigenvalue weighted by molar-refractivity contribution is -0.170. The number of hydrogen-bond donors (Lipinski definition) is 3. The first-order valence-corrected chi connectivity index (χ1v) is 19.6. The third kappa shape index (κ3) is 20.4. The number of esters is 2. The van der Waals surface area contributed by atoms with Crippen LogP contribution in [0.5, 0.6) is 0 Å². The van der Waals surface area contributed by atoms with E-state index in [0.29, 0.717) is 12.8 Å². The molecule has 0 radical (unpaired) electrons. The maximum Gasteiger partial charge on any atom is 0.340 e. The number of amides is 2. The normalized spacial score (nSPS) is 15.2. The van der Waals surface area contributed by atoms with Crippen molar-refractivity contribution < 1.29 is 52.5 Å². The third-order valence-corrected chi connectivity index (χ3v) is 9.97. The second-order valence-electron chi connectivity index (χ2n) is 14.4. The van der Waals surface area contributed by atoms with Crippen molar-refractivity contribution in [2.24, 2.45) is 11.8 Å². The molecule has 0 aromatic heterocycles. The minimum Gasteiger partial charge on any atom is -0.461 e. The van der Waals surface area contributed by atoms with Crippen molar-refractivity contribution >= 4 is 31.3 Å². The average Bonchev–Trinajstić information content (AvgIpc) is 2.98. The second kappa shape index (κ2) is 23.4. The highest BCUT2D eigenvalue weighted by atomic mass is 31.2. The molecule has 0 aliphatic heterocycles. The van der Waals surface area contributed by atoms with E-state index in [1.54, 1.807) is 41.5 Å². The van der Waals surface area contributed by atoms with Gasteiger partial charge in [0.1, 0.15) is 31.0 Å². The van der Waals surface area contributed by atoms with Gasteiger partial charge in [0.15, 0.2) is 5.60 Å². The Morgan fingerprint density at radius 1 is 0.816 bits per heavy atom. The molecule has 2 unspecified atom stereocenters. The highest BCUT2D eigenvalue weighted by molar-refractivity contribution is 7.54. The van der Waals surface area contributed by atoms with Crippen LogP contribution in [0.15, 0.2) is 0 Å². The Hall–Kier alpha value is -2.05. The van der Waals surface area contributed by atoms with Gasteiger partial charge in [-0.05, 0) is 60.3 Å². The lowest BCUT2D eigenvalue weighted by Crippen LogP contribution is -2.57. The minimum absolute atomic E-state index is 0.0826. The highest BCUT2D eigenvalue weighted by Gasteiger charge is 2.44. The van der Waals surface area contributed by atoms with Gasteiger partial charge in [-0.3, -0.25) is 23.7 Å². The van der Waals surface area contributed by atoms with E-state index in [9.17, 15) is 34.0 Å². The topological polar surface area (TPSA) is 178 Å². The molecule has 14 heteroatoms. The van der Waals surface area contributed by atoms with Crippen LogP contribution in [0.1, 0.15) is 127 Å². The zero-order valence-corrected chi connectivity index (χ0v) is 32.8. The summed E-state index contributed by atoms with van der Waals surface area (Å²) in [5.74, 6) is -3.31. The van der Waals surface area contributed by atoms with Gasteiger partial charge in [-0.15, -0.1) is 0 Å². The standard InChI is InChI=1S/C35H67N2O11P/c1-11-45-49(44,46-12-2)25-29(38)37(10)24-31(40)47-28(22-20-18-16-14-13-15-17-19-21-26(3)4)27(5)32(41)35(9,43)33(42)36-23-30(39)48-34(6,7)8/h26-28,32,41,43H,11-25H2,1-10H3,(H,36,42)/t27-,28+,32?,35?/m1/s1. The predicted octanol–water partition coefficient (Wildman–Crippen LogP) is 5.39. The largest absolute Gasteiger partial charge is 0.461 e. The summed E-state index contributed by atoms with van der Waals surface area (Å²) >= 11 is 0. The minimum atomic E-state index is -3.69. The van der Waals surface area contributed by atoms with Crippen molar-refractivity contribution in [3.05, 3.63) is 0 Å². The summed E-state index contributed by atoms with van der Waals surface area (Å²) in [6.07, 6.45) is 6.84. The van der Waals surface area contributed by atoms with Crippen molar-refractivity contribution in [2.75, 3.05) is 39.5 Å². The first kappa shape index (κ1) is 47.0. The second-order valence-corrected chi connectivity index (χ2v) is 16.5. The Labute approximate surface area is 295 Å². The zero-order valence-electron chi connectivity index (χ0n) is 31.9. The number of aliphatic hydroxyl groups is 2. The number of unbranched alkanes of at least 4 members (excludes halogenated alkanes) is 7. The van der Waals surface area contributed by atoms with E-state index in [4.69, 9.17) is 18.5 Å². The van der Waals surface area contributed by atoms with Crippen LogP contribution in [0.4, 0.5) is 0 Å². The molecule has 0 aliphatic carbocycles. The molecule has 288 valence electrons. The monoisotopic (exact) mass is 722 g/mol. The van der Waals surface area contributed by atoms with Crippen LogP contribution in [0.3, 0.4) is 0 Å². The molecule has 0 heterocycles. The Bertz CT molecular complexity index is 1040. The molecule has 3 N–H and O–H groups in total. The molecule has 0 aromatic carbocycles. The summed E-state index contributed by atoms with van der Waals surface area (Å²) in [5, 5.41) is 24.6. The van der Waals surface area contributed by atoms with Crippen LogP contribution in [0.25, 0.3) is 0 Å². The molecular weight excluding hydrogens is 655 g/mol. The predicted molar refractivity (Wildman–Crippen MR) is 189 cm³/mol. The summed E-state index contributed by atoms with van der Waals surface area (Å²) in [6, 6.07) is 0. The number of hydrogen-bond acceptors (Lipinski definition) is 11. The molecule has 4 atom stereocenters. The number of likely N-dealkylation sites (N-methyl/N-ethyl adjacent to an activating group) is 1. The molecule has 0 saturated carbocycles. The third-order valence-electron chi connectivity index (χ3n) is 8.01. The van der Waals surface area contributed by atoms with Gasteiger partial charge in [0.2, 0.25) is 5.91 Å². The van der Waals surface area contributed by atoms with Gasteiger partial charge in [-0.1, -0.05) is 72.1 Å². The van der Waals surface area contributed by atoms with Crippen LogP contribution in [-0.4, -0.2) is 102 Å². The zero-order chi connectivity index (χ0) is 37.8. The maximum atomic E-state index is 13.1. The first-order valence-electron chi connectivity index (χ1n) is 17.9. The molecule has 0 bridgehead atoms. The molecule has 13 nitrogen and oxygen atoms in total. The maximum absolute atomic E-state index is 13.1. The molecule has 0 aromatic rings. The molecule has 0 fully saturated rings. The van der Waals surface area contributed by atoms with Crippen LogP contribution in [-0.2, 0) is 42.3 Å². The number of nitrogens with one attached hydrogen (secondary N) is 1. The molecule has 49 heavy (non-hydrogen) atoms. The van der Waals surface area contributed by atoms with E-state index in [2.05, 4.69) is 19.2 Å². The molecular formula is C35H67N2O11P. The van der Waals surface area contributed by atoms with Crippen molar-refractivity contribution in [2.45, 2.75) is 150 Å². The molecule has 2 amide bonds. The SMILES string of the molecule is CCOP(=O)(CC(=O)N(C)CC(=O)O[C@@H](CCCCCCCCCCC(C)C)[C@@H](C)C(O)C(C)(O)C(=O)NCC(=O)OC(C)(C)C)OCC. The van der Waals surface area contributed by atoms with Crippen LogP contribution in [0.2, 0.25) is 0 Å². The van der Waals surface area contributed by atoms with Gasteiger partial charge < -0.3 is 39.0 Å². The smallest absolute Gasteiger partial charge is 0.340 e. The Balaban J connectivity index is 5.50. The fraction of sp³-hybridized carbons (Fsp3) is 0.886. The van der Waals surface area contributed by atoms with Crippen molar-refractivity contribution in [3.8, 4) is 0 Å². The number of carbonyl (C=O) groups excluding carboxylic acids is 4. The van der Waals surface area contributed by atoms with Gasteiger partial charge in [0.25, 0.3) is 5.91 Å². The average molecular weight is 723 g/mol. The Morgan fingerprint density at radius 2 is 1.31 bits per heavy atom. The van der Waals surface area contributed by atoms with Crippen molar-refractivity contribution in [3.63, 3.8) is 0 Å². The summed E-state index contributed by atoms with van der Waals surface area (Å²) < 4.78 is 34.1. The summed E-state index contributed by atoms with van der Waals surface area (Å²) in [4.78, 5) is 51.9. The van der Waals surface area contributed by atoms with Crippen LogP contribution in [0, 0.1) is 11.8 Å². The number of aliphatic hydroxyl groups excluding tert-OH is 1. The lowest BCUT2D eigenvalue weighted by atomic mass is 9.83. The van der Waals surface area contributed by atoms with Gasteiger partial charge in [0.05, 0.1) is 19.3 Å². The number of nitrogens with zero attached hydrogens (tertiary/aromatic N) is 1. The fourth-order valence-corrected chi connectivity index (χ4v) is 6.86. The first-order chi connectivity index (χ1) is 22.7. The summed E-state index contributed by atoms with van der Waals surface area (Å²) in [6.45, 7) is 14.6. The lowest BCUT2D eigenvalue weighted by Gasteiger charge is -2.35. The van der Waals surface area contributed by atoms with E-state index in [1.165, 1.54) is 32.7 Å². The van der Waals surface area contributed by atoms with Gasteiger partial charge in [-0.25, -0.2) is 0 Å². The van der Waals surface area contributed by atoms with E-state index < -0.39 is 79.9 Å². The number of rotatable bonds is 26. The van der Waals surface area contributed by atoms with Gasteiger partial charge in [0, 0.05) is 13.0 Å². The van der Waals surface area contributed by atoms with Crippen molar-refractivity contribution in [1.29, 1.82) is 0 Å². The van der Waals surface area contributed by atoms with Gasteiger partial charge >= 0.3 is 19.5 Å². The summed E-state index contributed by atoms with van der Waals surface area (Å²) in [7, 11) is -2.32. The summed E-state index contributed by atoms with van der Waals surface area (Å²) in [5.41, 5.74) is -3.11. The molecule has 0 rings (SSSR count). The molecule has 0 saturated heterocycles. The number of ether oxygens (including phenoxy) is 2. The highest BCUT2D eigenvalue weighted by Crippen LogP contribution is 2.47. The van der Waals surface area contributed by atoms with Crippen molar-refractivity contribution in [1.82, 2.24) is 10.2 Å². The molecule has 0 spiro atoms. The van der Waals surface area contributed by atoms with E-state index in [1.807, 2.05) is 0 Å². The van der Waals surface area contributed by atoms with E-state index in [-0.39, 0.29) is 13.2 Å². The van der Waals surface area contributed by atoms with E-state index >= 15 is 0 Å². The Morgan fingerprint density at radius 3 is 1.78 bits per heavy atom. The van der Waals surface area contributed by atoms with Gasteiger partial charge in [-0.2, -0.15) is 0 Å². The fourth-order valence-electron chi connectivity index (χ4n) is 5.24. The van der Waals surface area contributed by atoms with E-state index in [0.717, 1.165) is 43.4 Å². The quantitative estimate of drug-likeness (QED) is 0.0593. The molecule has 0 aliphatic rings. The van der Waals surface area contributed by atoms with Crippen LogP contribution >= 0.6 is 7.60 Å². The van der Waals surface area contributed by atoms with Crippen LogP contribution < -0.4 is 5.32 Å². The Kier molecular flexibility index (Phi) is 22.4. The number of carbonyl (C=O) groups is 4.